The molecule has 0 atom stereocenters. The molecule has 10 heteroatoms. The van der Waals surface area contributed by atoms with Gasteiger partial charge < -0.3 is 1.43 Å². The van der Waals surface area contributed by atoms with Crippen molar-refractivity contribution in [3.05, 3.63) is 0 Å². The van der Waals surface area contributed by atoms with Crippen LogP contribution in [0, 0.1) is 71.0 Å². The first-order valence-electron chi connectivity index (χ1n) is 1.55. The zero-order chi connectivity index (χ0) is 12.0. The van der Waals surface area contributed by atoms with E-state index in [0.29, 0.717) is 0 Å². The van der Waals surface area contributed by atoms with Crippen LogP contribution >= 0.6 is 0 Å². The Kier molecular flexibility index (Phi) is 63800. The second-order valence-electron chi connectivity index (χ2n) is 0. The Morgan fingerprint density at radius 1 is 0.500 bits per heavy atom. The van der Waals surface area contributed by atoms with Gasteiger partial charge >= 0.3 is 29.6 Å². The van der Waals surface area contributed by atoms with Gasteiger partial charge in [-0.1, -0.05) is 0 Å². The van der Waals surface area contributed by atoms with Crippen LogP contribution in [-0.2, 0) is 50.6 Å². The van der Waals surface area contributed by atoms with Gasteiger partial charge in [-0.3, -0.25) is 0 Å². The summed E-state index contributed by atoms with van der Waals surface area (Å²) in [6, 6.07) is 0. The van der Waals surface area contributed by atoms with Crippen molar-refractivity contribution in [2.24, 2.45) is 0 Å². The fourth-order valence-electron chi connectivity index (χ4n) is 0. The average Bonchev–Trinajstić information content (AvgIpc) is 2.33. The summed E-state index contributed by atoms with van der Waals surface area (Å²) in [4.78, 5) is 0. The van der Waals surface area contributed by atoms with Gasteiger partial charge in [-0.15, -0.1) is 0 Å². The molecule has 0 unspecified atom stereocenters. The SMILES string of the molecule is C#N.C#N.C#N.C#N.C#N.C#N.[Fe].[H-].[Mn].[Na+].[Ni]. The third kappa shape index (κ3) is 7530. The van der Waals surface area contributed by atoms with Gasteiger partial charge in [0.25, 0.3) is 0 Å². The molecule has 0 aliphatic heterocycles. The molecule has 16 heavy (non-hydrogen) atoms. The number of nitrogens with zero attached hydrogens (tertiary/aromatic N) is 6. The van der Waals surface area contributed by atoms with Crippen LogP contribution in [-0.4, -0.2) is 0 Å². The summed E-state index contributed by atoms with van der Waals surface area (Å²) in [6.45, 7) is 21.0. The van der Waals surface area contributed by atoms with Crippen LogP contribution in [0.15, 0.2) is 0 Å². The van der Waals surface area contributed by atoms with Crippen molar-refractivity contribution >= 4 is 0 Å². The summed E-state index contributed by atoms with van der Waals surface area (Å²) >= 11 is 0. The van der Waals surface area contributed by atoms with Crippen molar-refractivity contribution in [2.45, 2.75) is 0 Å². The third-order valence-corrected chi connectivity index (χ3v) is 0. The Morgan fingerprint density at radius 3 is 0.500 bits per heavy atom. The summed E-state index contributed by atoms with van der Waals surface area (Å²) in [6.07, 6.45) is 0. The van der Waals surface area contributed by atoms with E-state index in [-0.39, 0.29) is 81.6 Å². The van der Waals surface area contributed by atoms with E-state index >= 15 is 0 Å². The van der Waals surface area contributed by atoms with Crippen molar-refractivity contribution in [3.8, 4) is 39.4 Å². The van der Waals surface area contributed by atoms with Crippen LogP contribution in [0.4, 0.5) is 0 Å². The van der Waals surface area contributed by atoms with Crippen LogP contribution < -0.4 is 29.6 Å². The van der Waals surface area contributed by atoms with Crippen molar-refractivity contribution in [1.29, 1.82) is 31.6 Å². The molecule has 0 bridgehead atoms. The van der Waals surface area contributed by atoms with E-state index in [0.717, 1.165) is 0 Å². The smallest absolute Gasteiger partial charge is 1.00 e. The zero-order valence-electron chi connectivity index (χ0n) is 9.20. The monoisotopic (exact) mass is 355 g/mol. The van der Waals surface area contributed by atoms with Crippen molar-refractivity contribution in [1.82, 2.24) is 0 Å². The first-order valence-corrected chi connectivity index (χ1v) is 1.55. The van der Waals surface area contributed by atoms with Gasteiger partial charge in [0.15, 0.2) is 0 Å². The predicted molar refractivity (Wildman–Crippen MR) is 41.1 cm³/mol. The summed E-state index contributed by atoms with van der Waals surface area (Å²) in [5, 5.41) is 39.0. The molecular formula is C6H7FeMnN6NaNi. The van der Waals surface area contributed by atoms with Gasteiger partial charge in [-0.25, -0.2) is 31.6 Å². The van der Waals surface area contributed by atoms with Gasteiger partial charge in [0, 0.05) is 90.1 Å². The van der Waals surface area contributed by atoms with E-state index in [4.69, 9.17) is 31.6 Å². The Balaban J connectivity index is -0.00000000267. The van der Waals surface area contributed by atoms with E-state index < -0.39 is 0 Å². The van der Waals surface area contributed by atoms with Gasteiger partial charge in [-0.05, 0) is 0 Å². The standard InChI is InChI=1S/6CHN.Fe.Mn.Na.Ni.H/c6*1-2;;;;;/h6*1H;;;;;/q;;;;;;;;+1;;-1. The first kappa shape index (κ1) is 108. The molecule has 0 spiro atoms. The Labute approximate surface area is 151 Å². The van der Waals surface area contributed by atoms with E-state index in [1.165, 1.54) is 0 Å². The summed E-state index contributed by atoms with van der Waals surface area (Å²) < 4.78 is 0. The number of rotatable bonds is 0. The fraction of sp³-hybridized carbons (Fsp3) is 0. The first-order chi connectivity index (χ1) is 6.00. The van der Waals surface area contributed by atoms with Crippen LogP contribution in [0.3, 0.4) is 0 Å². The van der Waals surface area contributed by atoms with E-state index in [2.05, 4.69) is 39.4 Å². The third-order valence-electron chi connectivity index (χ3n) is 0. The Bertz CT molecular complexity index is 114. The molecule has 0 amide bonds. The topological polar surface area (TPSA) is 143 Å². The molecule has 0 fully saturated rings. The molecule has 0 aliphatic rings. The quantitative estimate of drug-likeness (QED) is 0.457. The van der Waals surface area contributed by atoms with Crippen molar-refractivity contribution in [2.75, 3.05) is 0 Å². The van der Waals surface area contributed by atoms with Crippen molar-refractivity contribution in [3.63, 3.8) is 0 Å². The van der Waals surface area contributed by atoms with Gasteiger partial charge in [0.1, 0.15) is 0 Å². The minimum Gasteiger partial charge on any atom is -1.00 e. The zero-order valence-corrected chi connectivity index (χ0v) is 13.5. The maximum Gasteiger partial charge on any atom is 1.00 e. The molecule has 0 aromatic rings. The largest absolute Gasteiger partial charge is 1.00 e. The summed E-state index contributed by atoms with van der Waals surface area (Å²) in [5.74, 6) is 0. The van der Waals surface area contributed by atoms with Crippen molar-refractivity contribution < 1.29 is 81.6 Å². The average molecular weight is 356 g/mol. The molecule has 0 saturated carbocycles. The molecule has 0 aromatic heterocycles. The van der Waals surface area contributed by atoms with Crippen LogP contribution in [0.25, 0.3) is 0 Å². The normalized spacial score (nSPS) is 0.750. The Morgan fingerprint density at radius 2 is 0.500 bits per heavy atom. The molecule has 0 rings (SSSR count). The van der Waals surface area contributed by atoms with E-state index in [9.17, 15) is 0 Å². The van der Waals surface area contributed by atoms with Gasteiger partial charge in [0.05, 0.1) is 0 Å². The predicted octanol–water partition coefficient (Wildman–Crippen LogP) is -2.05. The van der Waals surface area contributed by atoms with Crippen LogP contribution in [0.5, 0.6) is 0 Å². The Hall–Kier alpha value is -0.528. The molecule has 0 saturated heterocycles. The molecule has 87 valence electrons. The number of nitriles is 6. The molecule has 0 aliphatic carbocycles. The molecule has 0 heterocycles. The van der Waals surface area contributed by atoms with Crippen LogP contribution in [0.1, 0.15) is 1.43 Å². The van der Waals surface area contributed by atoms with E-state index in [1.807, 2.05) is 0 Å². The fourth-order valence-corrected chi connectivity index (χ4v) is 0. The second kappa shape index (κ2) is 9440. The summed E-state index contributed by atoms with van der Waals surface area (Å²) in [5.41, 5.74) is 0. The molecule has 0 N–H and O–H groups in total. The molecule has 6 nitrogen and oxygen atoms in total. The van der Waals surface area contributed by atoms with Gasteiger partial charge in [0.2, 0.25) is 0 Å². The maximum atomic E-state index is 6.50. The van der Waals surface area contributed by atoms with E-state index in [1.54, 1.807) is 0 Å². The molecule has 0 aromatic carbocycles. The minimum absolute atomic E-state index is 0. The minimum atomic E-state index is 0. The molecular weight excluding hydrogens is 349 g/mol. The number of hydrogen-bond acceptors (Lipinski definition) is 6. The summed E-state index contributed by atoms with van der Waals surface area (Å²) in [7, 11) is 0. The maximum absolute atomic E-state index is 6.50. The van der Waals surface area contributed by atoms with Crippen LogP contribution in [0.2, 0.25) is 0 Å². The number of hydrogen-bond donors (Lipinski definition) is 0. The molecule has 1 radical (unpaired) electrons. The second-order valence-corrected chi connectivity index (χ2v) is 0. The van der Waals surface area contributed by atoms with Gasteiger partial charge in [-0.2, -0.15) is 0 Å².